The predicted molar refractivity (Wildman–Crippen MR) is 82.5 cm³/mol. The monoisotopic (exact) mass is 323 g/mol. The fourth-order valence-corrected chi connectivity index (χ4v) is 3.43. The van der Waals surface area contributed by atoms with E-state index in [1.807, 2.05) is 30.3 Å². The van der Waals surface area contributed by atoms with Gasteiger partial charge >= 0.3 is 0 Å². The van der Waals surface area contributed by atoms with Gasteiger partial charge in [-0.05, 0) is 36.6 Å². The predicted octanol–water partition coefficient (Wildman–Crippen LogP) is 2.02. The van der Waals surface area contributed by atoms with E-state index < -0.39 is 21.9 Å². The van der Waals surface area contributed by atoms with E-state index in [0.717, 1.165) is 11.6 Å². The molecule has 0 aromatic heterocycles. The van der Waals surface area contributed by atoms with Gasteiger partial charge in [0.25, 0.3) is 0 Å². The molecule has 1 unspecified atom stereocenters. The normalized spacial score (nSPS) is 13.0. The van der Waals surface area contributed by atoms with Crippen LogP contribution in [0.4, 0.5) is 4.39 Å². The van der Waals surface area contributed by atoms with E-state index in [1.54, 1.807) is 6.92 Å². The summed E-state index contributed by atoms with van der Waals surface area (Å²) in [5, 5.41) is 9.94. The maximum atomic E-state index is 13.2. The number of aliphatic hydroxyl groups is 1. The number of nitrogens with one attached hydrogen (secondary N) is 1. The Labute approximate surface area is 129 Å². The minimum atomic E-state index is -3.85. The molecule has 0 heterocycles. The van der Waals surface area contributed by atoms with Crippen molar-refractivity contribution in [3.8, 4) is 0 Å². The van der Waals surface area contributed by atoms with Crippen LogP contribution >= 0.6 is 0 Å². The SMILES string of the molecule is Cc1ccc(F)cc1S(=O)(=O)NCC(O)Cc1ccccc1. The summed E-state index contributed by atoms with van der Waals surface area (Å²) in [5.74, 6) is -0.615. The van der Waals surface area contributed by atoms with E-state index in [1.165, 1.54) is 12.1 Å². The largest absolute Gasteiger partial charge is 0.391 e. The summed E-state index contributed by atoms with van der Waals surface area (Å²) < 4.78 is 39.9. The van der Waals surface area contributed by atoms with Crippen molar-refractivity contribution < 1.29 is 17.9 Å². The third-order valence-electron chi connectivity index (χ3n) is 3.26. The third-order valence-corrected chi connectivity index (χ3v) is 4.83. The molecular weight excluding hydrogens is 305 g/mol. The summed E-state index contributed by atoms with van der Waals surface area (Å²) in [7, 11) is -3.85. The minimum absolute atomic E-state index is 0.112. The van der Waals surface area contributed by atoms with Crippen LogP contribution in [0.3, 0.4) is 0 Å². The average molecular weight is 323 g/mol. The molecule has 0 saturated heterocycles. The fraction of sp³-hybridized carbons (Fsp3) is 0.250. The molecule has 2 N–H and O–H groups in total. The van der Waals surface area contributed by atoms with Crippen LogP contribution in [0.1, 0.15) is 11.1 Å². The molecule has 0 aliphatic heterocycles. The summed E-state index contributed by atoms with van der Waals surface area (Å²) in [5.41, 5.74) is 1.36. The molecule has 6 heteroatoms. The topological polar surface area (TPSA) is 66.4 Å². The molecule has 0 radical (unpaired) electrons. The molecule has 22 heavy (non-hydrogen) atoms. The van der Waals surface area contributed by atoms with Crippen molar-refractivity contribution in [2.24, 2.45) is 0 Å². The Bertz CT molecular complexity index is 732. The number of rotatable bonds is 6. The Hall–Kier alpha value is -1.76. The summed E-state index contributed by atoms with van der Waals surface area (Å²) in [6.07, 6.45) is -0.517. The zero-order valence-corrected chi connectivity index (χ0v) is 13.0. The number of sulfonamides is 1. The van der Waals surface area contributed by atoms with Crippen LogP contribution in [-0.4, -0.2) is 26.2 Å². The van der Waals surface area contributed by atoms with Crippen molar-refractivity contribution in [2.75, 3.05) is 6.54 Å². The lowest BCUT2D eigenvalue weighted by molar-refractivity contribution is 0.179. The number of aliphatic hydroxyl groups excluding tert-OH is 1. The number of benzene rings is 2. The van der Waals surface area contributed by atoms with Gasteiger partial charge in [0.2, 0.25) is 10.0 Å². The highest BCUT2D eigenvalue weighted by Crippen LogP contribution is 2.16. The first-order valence-electron chi connectivity index (χ1n) is 6.86. The molecule has 0 saturated carbocycles. The van der Waals surface area contributed by atoms with Crippen molar-refractivity contribution in [3.05, 3.63) is 65.5 Å². The zero-order chi connectivity index (χ0) is 16.2. The first kappa shape index (κ1) is 16.6. The molecule has 0 bridgehead atoms. The van der Waals surface area contributed by atoms with Crippen molar-refractivity contribution in [3.63, 3.8) is 0 Å². The molecule has 0 spiro atoms. The van der Waals surface area contributed by atoms with Gasteiger partial charge in [-0.15, -0.1) is 0 Å². The maximum Gasteiger partial charge on any atom is 0.241 e. The molecule has 2 aromatic carbocycles. The second-order valence-corrected chi connectivity index (χ2v) is 6.84. The first-order chi connectivity index (χ1) is 10.4. The van der Waals surface area contributed by atoms with Gasteiger partial charge in [0, 0.05) is 6.54 Å². The van der Waals surface area contributed by atoms with Crippen LogP contribution < -0.4 is 4.72 Å². The number of hydrogen-bond donors (Lipinski definition) is 2. The van der Waals surface area contributed by atoms with Gasteiger partial charge in [-0.2, -0.15) is 0 Å². The van der Waals surface area contributed by atoms with E-state index in [-0.39, 0.29) is 11.4 Å². The number of aryl methyl sites for hydroxylation is 1. The molecule has 0 aliphatic rings. The molecule has 0 amide bonds. The van der Waals surface area contributed by atoms with Crippen LogP contribution in [0.15, 0.2) is 53.4 Å². The van der Waals surface area contributed by atoms with Gasteiger partial charge in [0.1, 0.15) is 5.82 Å². The van der Waals surface area contributed by atoms with Crippen LogP contribution in [0.5, 0.6) is 0 Å². The fourth-order valence-electron chi connectivity index (χ4n) is 2.11. The van der Waals surface area contributed by atoms with E-state index in [0.29, 0.717) is 12.0 Å². The highest BCUT2D eigenvalue weighted by molar-refractivity contribution is 7.89. The van der Waals surface area contributed by atoms with E-state index in [2.05, 4.69) is 4.72 Å². The Morgan fingerprint density at radius 3 is 2.55 bits per heavy atom. The number of halogens is 1. The Morgan fingerprint density at radius 1 is 1.18 bits per heavy atom. The molecule has 2 aromatic rings. The maximum absolute atomic E-state index is 13.2. The highest BCUT2D eigenvalue weighted by Gasteiger charge is 2.19. The quantitative estimate of drug-likeness (QED) is 0.855. The van der Waals surface area contributed by atoms with Gasteiger partial charge in [0.05, 0.1) is 11.0 Å². The molecule has 0 fully saturated rings. The summed E-state index contributed by atoms with van der Waals surface area (Å²) >= 11 is 0. The van der Waals surface area contributed by atoms with Crippen molar-refractivity contribution >= 4 is 10.0 Å². The average Bonchev–Trinajstić information content (AvgIpc) is 2.49. The van der Waals surface area contributed by atoms with Crippen LogP contribution in [0, 0.1) is 12.7 Å². The van der Waals surface area contributed by atoms with Gasteiger partial charge < -0.3 is 5.11 Å². The van der Waals surface area contributed by atoms with Gasteiger partial charge in [-0.25, -0.2) is 17.5 Å². The van der Waals surface area contributed by atoms with E-state index in [4.69, 9.17) is 0 Å². The van der Waals surface area contributed by atoms with Gasteiger partial charge in [-0.1, -0.05) is 36.4 Å². The minimum Gasteiger partial charge on any atom is -0.391 e. The Kier molecular flexibility index (Phi) is 5.28. The molecule has 0 aliphatic carbocycles. The van der Waals surface area contributed by atoms with Crippen LogP contribution in [-0.2, 0) is 16.4 Å². The summed E-state index contributed by atoms with van der Waals surface area (Å²) in [4.78, 5) is -0.112. The lowest BCUT2D eigenvalue weighted by Crippen LogP contribution is -2.33. The van der Waals surface area contributed by atoms with Crippen molar-refractivity contribution in [1.29, 1.82) is 0 Å². The smallest absolute Gasteiger partial charge is 0.241 e. The van der Waals surface area contributed by atoms with Crippen molar-refractivity contribution in [1.82, 2.24) is 4.72 Å². The van der Waals surface area contributed by atoms with Crippen LogP contribution in [0.2, 0.25) is 0 Å². The third kappa shape index (κ3) is 4.37. The standard InChI is InChI=1S/C16H18FNO3S/c1-12-7-8-14(17)10-16(12)22(20,21)18-11-15(19)9-13-5-3-2-4-6-13/h2-8,10,15,18-19H,9,11H2,1H3. The lowest BCUT2D eigenvalue weighted by atomic mass is 10.1. The highest BCUT2D eigenvalue weighted by atomic mass is 32.2. The molecular formula is C16H18FNO3S. The molecule has 2 rings (SSSR count). The first-order valence-corrected chi connectivity index (χ1v) is 8.34. The summed E-state index contributed by atoms with van der Waals surface area (Å²) in [6, 6.07) is 12.9. The summed E-state index contributed by atoms with van der Waals surface area (Å²) in [6.45, 7) is 1.46. The van der Waals surface area contributed by atoms with Gasteiger partial charge in [-0.3, -0.25) is 0 Å². The van der Waals surface area contributed by atoms with Crippen LogP contribution in [0.25, 0.3) is 0 Å². The Balaban J connectivity index is 2.02. The Morgan fingerprint density at radius 2 is 1.86 bits per heavy atom. The second kappa shape index (κ2) is 7.00. The van der Waals surface area contributed by atoms with E-state index in [9.17, 15) is 17.9 Å². The zero-order valence-electron chi connectivity index (χ0n) is 12.2. The lowest BCUT2D eigenvalue weighted by Gasteiger charge is -2.13. The van der Waals surface area contributed by atoms with E-state index >= 15 is 0 Å². The van der Waals surface area contributed by atoms with Crippen molar-refractivity contribution in [2.45, 2.75) is 24.3 Å². The molecule has 1 atom stereocenters. The number of hydrogen-bond acceptors (Lipinski definition) is 3. The molecule has 4 nitrogen and oxygen atoms in total. The second-order valence-electron chi connectivity index (χ2n) is 5.11. The van der Waals surface area contributed by atoms with Gasteiger partial charge in [0.15, 0.2) is 0 Å². The molecule has 118 valence electrons.